The van der Waals surface area contributed by atoms with Crippen molar-refractivity contribution in [3.8, 4) is 0 Å². The van der Waals surface area contributed by atoms with Crippen LogP contribution in [0.15, 0.2) is 48.5 Å². The van der Waals surface area contributed by atoms with Crippen molar-refractivity contribution in [3.05, 3.63) is 65.5 Å². The second kappa shape index (κ2) is 5.10. The van der Waals surface area contributed by atoms with Crippen molar-refractivity contribution >= 4 is 11.0 Å². The Kier molecular flexibility index (Phi) is 3.28. The molecule has 0 saturated carbocycles. The minimum Gasteiger partial charge on any atom is -0.331 e. The van der Waals surface area contributed by atoms with Crippen LogP contribution < -0.4 is 5.73 Å². The number of rotatable bonds is 3. The molecule has 0 bridgehead atoms. The normalized spacial score (nSPS) is 12.8. The number of aryl methyl sites for hydroxylation is 2. The number of nitrogens with two attached hydrogens (primary N) is 1. The third-order valence-electron chi connectivity index (χ3n) is 3.76. The summed E-state index contributed by atoms with van der Waals surface area (Å²) < 4.78 is 2.14. The Morgan fingerprint density at radius 1 is 1.15 bits per heavy atom. The van der Waals surface area contributed by atoms with Gasteiger partial charge in [-0.25, -0.2) is 4.98 Å². The Morgan fingerprint density at radius 2 is 1.90 bits per heavy atom. The second-order valence-corrected chi connectivity index (χ2v) is 5.30. The van der Waals surface area contributed by atoms with Gasteiger partial charge in [0.1, 0.15) is 5.82 Å². The molecule has 2 N–H and O–H groups in total. The van der Waals surface area contributed by atoms with Crippen LogP contribution in [-0.2, 0) is 13.5 Å². The van der Waals surface area contributed by atoms with Crippen molar-refractivity contribution in [2.24, 2.45) is 12.8 Å². The molecular formula is C17H19N3. The maximum absolute atomic E-state index is 6.29. The van der Waals surface area contributed by atoms with E-state index in [0.29, 0.717) is 0 Å². The molecule has 3 nitrogen and oxygen atoms in total. The molecule has 1 atom stereocenters. The first-order chi connectivity index (χ1) is 9.65. The standard InChI is InChI=1S/C17H19N3/c1-12-8-9-16-15(10-12)19-17(20(16)2)11-14(18)13-6-4-3-5-7-13/h3-10,14H,11,18H2,1-2H3. The van der Waals surface area contributed by atoms with Gasteiger partial charge in [0.2, 0.25) is 0 Å². The number of nitrogens with zero attached hydrogens (tertiary/aromatic N) is 2. The number of fused-ring (bicyclic) bond motifs is 1. The van der Waals surface area contributed by atoms with Crippen molar-refractivity contribution in [2.75, 3.05) is 0 Å². The van der Waals surface area contributed by atoms with E-state index in [2.05, 4.69) is 48.9 Å². The number of imidazole rings is 1. The van der Waals surface area contributed by atoms with E-state index >= 15 is 0 Å². The lowest BCUT2D eigenvalue weighted by molar-refractivity contribution is 0.665. The average molecular weight is 265 g/mol. The molecule has 102 valence electrons. The monoisotopic (exact) mass is 265 g/mol. The molecule has 0 aliphatic carbocycles. The fourth-order valence-electron chi connectivity index (χ4n) is 2.56. The van der Waals surface area contributed by atoms with Crippen LogP contribution in [0.3, 0.4) is 0 Å². The van der Waals surface area contributed by atoms with Crippen LogP contribution in [0.1, 0.15) is 23.0 Å². The third-order valence-corrected chi connectivity index (χ3v) is 3.76. The van der Waals surface area contributed by atoms with Crippen LogP contribution in [0.2, 0.25) is 0 Å². The molecule has 0 saturated heterocycles. The highest BCUT2D eigenvalue weighted by Gasteiger charge is 2.13. The molecule has 1 aromatic heterocycles. The van der Waals surface area contributed by atoms with Gasteiger partial charge in [0, 0.05) is 19.5 Å². The van der Waals surface area contributed by atoms with Gasteiger partial charge in [-0.05, 0) is 30.2 Å². The zero-order valence-electron chi connectivity index (χ0n) is 11.9. The molecule has 0 radical (unpaired) electrons. The second-order valence-electron chi connectivity index (χ2n) is 5.30. The van der Waals surface area contributed by atoms with Gasteiger partial charge in [-0.3, -0.25) is 0 Å². The Morgan fingerprint density at radius 3 is 2.65 bits per heavy atom. The van der Waals surface area contributed by atoms with Gasteiger partial charge >= 0.3 is 0 Å². The van der Waals surface area contributed by atoms with Crippen molar-refractivity contribution in [3.63, 3.8) is 0 Å². The maximum Gasteiger partial charge on any atom is 0.111 e. The Bertz CT molecular complexity index is 729. The zero-order chi connectivity index (χ0) is 14.1. The van der Waals surface area contributed by atoms with E-state index in [1.54, 1.807) is 0 Å². The first-order valence-corrected chi connectivity index (χ1v) is 6.87. The summed E-state index contributed by atoms with van der Waals surface area (Å²) in [4.78, 5) is 4.72. The van der Waals surface area contributed by atoms with E-state index in [0.717, 1.165) is 28.8 Å². The maximum atomic E-state index is 6.29. The van der Waals surface area contributed by atoms with Crippen LogP contribution in [0, 0.1) is 6.92 Å². The fraction of sp³-hybridized carbons (Fsp3) is 0.235. The van der Waals surface area contributed by atoms with Crippen LogP contribution in [-0.4, -0.2) is 9.55 Å². The van der Waals surface area contributed by atoms with Gasteiger partial charge in [-0.2, -0.15) is 0 Å². The molecule has 3 rings (SSSR count). The molecule has 1 heterocycles. The highest BCUT2D eigenvalue weighted by Crippen LogP contribution is 2.20. The molecule has 0 amide bonds. The first kappa shape index (κ1) is 12.9. The summed E-state index contributed by atoms with van der Waals surface area (Å²) in [7, 11) is 2.05. The Labute approximate surface area is 119 Å². The molecule has 0 fully saturated rings. The molecule has 0 aliphatic heterocycles. The highest BCUT2D eigenvalue weighted by molar-refractivity contribution is 5.76. The van der Waals surface area contributed by atoms with E-state index in [1.807, 2.05) is 18.2 Å². The Hall–Kier alpha value is -2.13. The molecule has 0 spiro atoms. The SMILES string of the molecule is Cc1ccc2c(c1)nc(CC(N)c1ccccc1)n2C. The van der Waals surface area contributed by atoms with Crippen molar-refractivity contribution in [1.82, 2.24) is 9.55 Å². The van der Waals surface area contributed by atoms with Gasteiger partial charge in [0.25, 0.3) is 0 Å². The molecule has 0 aliphatic rings. The first-order valence-electron chi connectivity index (χ1n) is 6.87. The largest absolute Gasteiger partial charge is 0.331 e. The smallest absolute Gasteiger partial charge is 0.111 e. The van der Waals surface area contributed by atoms with E-state index in [1.165, 1.54) is 5.56 Å². The van der Waals surface area contributed by atoms with Crippen LogP contribution in [0.5, 0.6) is 0 Å². The summed E-state index contributed by atoms with van der Waals surface area (Å²) in [5, 5.41) is 0. The van der Waals surface area contributed by atoms with Gasteiger partial charge in [0.15, 0.2) is 0 Å². The minimum absolute atomic E-state index is 0.0205. The van der Waals surface area contributed by atoms with Crippen LogP contribution >= 0.6 is 0 Å². The lowest BCUT2D eigenvalue weighted by Crippen LogP contribution is -2.15. The quantitative estimate of drug-likeness (QED) is 0.790. The van der Waals surface area contributed by atoms with E-state index in [-0.39, 0.29) is 6.04 Å². The van der Waals surface area contributed by atoms with Gasteiger partial charge in [0.05, 0.1) is 11.0 Å². The average Bonchev–Trinajstić information content (AvgIpc) is 2.75. The highest BCUT2D eigenvalue weighted by atomic mass is 15.1. The molecule has 2 aromatic carbocycles. The lowest BCUT2D eigenvalue weighted by atomic mass is 10.0. The zero-order valence-corrected chi connectivity index (χ0v) is 11.9. The van der Waals surface area contributed by atoms with E-state index in [4.69, 9.17) is 10.7 Å². The predicted octanol–water partition coefficient (Wildman–Crippen LogP) is 3.12. The Balaban J connectivity index is 1.93. The van der Waals surface area contributed by atoms with Crippen molar-refractivity contribution in [2.45, 2.75) is 19.4 Å². The molecule has 3 heteroatoms. The van der Waals surface area contributed by atoms with Gasteiger partial charge in [-0.15, -0.1) is 0 Å². The van der Waals surface area contributed by atoms with Crippen molar-refractivity contribution < 1.29 is 0 Å². The van der Waals surface area contributed by atoms with Crippen LogP contribution in [0.4, 0.5) is 0 Å². The lowest BCUT2D eigenvalue weighted by Gasteiger charge is -2.11. The fourth-order valence-corrected chi connectivity index (χ4v) is 2.56. The number of hydrogen-bond donors (Lipinski definition) is 1. The summed E-state index contributed by atoms with van der Waals surface area (Å²) in [5.41, 5.74) is 10.9. The van der Waals surface area contributed by atoms with E-state index < -0.39 is 0 Å². The predicted molar refractivity (Wildman–Crippen MR) is 82.5 cm³/mol. The number of benzene rings is 2. The van der Waals surface area contributed by atoms with Gasteiger partial charge < -0.3 is 10.3 Å². The summed E-state index contributed by atoms with van der Waals surface area (Å²) >= 11 is 0. The molecule has 20 heavy (non-hydrogen) atoms. The topological polar surface area (TPSA) is 43.8 Å². The minimum atomic E-state index is -0.0205. The summed E-state index contributed by atoms with van der Waals surface area (Å²) in [5.74, 6) is 1.03. The van der Waals surface area contributed by atoms with E-state index in [9.17, 15) is 0 Å². The molecular weight excluding hydrogens is 246 g/mol. The summed E-state index contributed by atoms with van der Waals surface area (Å²) in [6.07, 6.45) is 0.744. The summed E-state index contributed by atoms with van der Waals surface area (Å²) in [6.45, 7) is 2.09. The third kappa shape index (κ3) is 2.32. The number of aromatic nitrogens is 2. The van der Waals surface area contributed by atoms with Crippen molar-refractivity contribution in [1.29, 1.82) is 0 Å². The number of hydrogen-bond acceptors (Lipinski definition) is 2. The molecule has 1 unspecified atom stereocenters. The van der Waals surface area contributed by atoms with Crippen LogP contribution in [0.25, 0.3) is 11.0 Å². The van der Waals surface area contributed by atoms with Gasteiger partial charge in [-0.1, -0.05) is 36.4 Å². The summed E-state index contributed by atoms with van der Waals surface area (Å²) in [6, 6.07) is 16.5. The molecule has 3 aromatic rings.